The molecule has 0 aromatic heterocycles. The molecule has 4 aromatic carbocycles. The van der Waals surface area contributed by atoms with Crippen molar-refractivity contribution in [2.24, 2.45) is 11.8 Å². The van der Waals surface area contributed by atoms with Gasteiger partial charge >= 0.3 is 12.1 Å². The fraction of sp³-hybridized carbons (Fsp3) is 0.567. The van der Waals surface area contributed by atoms with Crippen LogP contribution in [0.15, 0.2) is 70.5 Å². The molecule has 4 amide bonds. The fourth-order valence-electron chi connectivity index (χ4n) is 11.3. The van der Waals surface area contributed by atoms with Crippen LogP contribution in [0, 0.1) is 25.7 Å². The van der Waals surface area contributed by atoms with Gasteiger partial charge in [0.2, 0.25) is 20.0 Å². The van der Waals surface area contributed by atoms with Crippen molar-refractivity contribution in [3.63, 3.8) is 0 Å². The van der Waals surface area contributed by atoms with Crippen LogP contribution < -0.4 is 30.7 Å². The minimum Gasteiger partial charge on any atom is -0.484 e. The molecule has 2 heterocycles. The maximum atomic E-state index is 13.7. The van der Waals surface area contributed by atoms with Gasteiger partial charge in [-0.1, -0.05) is 46.4 Å². The molecule has 4 aliphatic rings. The highest BCUT2D eigenvalue weighted by molar-refractivity contribution is 7.89. The molecule has 86 heavy (non-hydrogen) atoms. The molecule has 2 fully saturated rings. The number of fused-ring (bicyclic) bond motifs is 2. The molecule has 8 rings (SSSR count). The summed E-state index contributed by atoms with van der Waals surface area (Å²) in [5.74, 6) is 1.29. The van der Waals surface area contributed by atoms with E-state index in [0.717, 1.165) is 22.3 Å². The number of unbranched alkanes of at least 4 members (excludes halogenated alkanes) is 1. The predicted octanol–water partition coefficient (Wildman–Crippen LogP) is 8.30. The van der Waals surface area contributed by atoms with Crippen molar-refractivity contribution in [3.8, 4) is 11.5 Å². The van der Waals surface area contributed by atoms with E-state index in [4.69, 9.17) is 74.8 Å². The van der Waals surface area contributed by atoms with E-state index in [-0.39, 0.29) is 58.0 Å². The maximum Gasteiger partial charge on any atom is 0.314 e. The third kappa shape index (κ3) is 17.8. The first-order valence-electron chi connectivity index (χ1n) is 29.3. The van der Waals surface area contributed by atoms with Crippen LogP contribution in [0.5, 0.6) is 11.5 Å². The van der Waals surface area contributed by atoms with E-state index in [1.165, 1.54) is 8.61 Å². The normalized spacial score (nSPS) is 20.6. The average molecular weight is 1310 g/mol. The number of halogens is 4. The Labute approximate surface area is 527 Å². The molecule has 2 saturated heterocycles. The number of hydrogen-bond acceptors (Lipinski definition) is 14. The van der Waals surface area contributed by atoms with Crippen LogP contribution in [0.25, 0.3) is 0 Å². The second-order valence-electron chi connectivity index (χ2n) is 22.8. The van der Waals surface area contributed by atoms with Gasteiger partial charge in [0.1, 0.15) is 23.7 Å². The number of benzene rings is 4. The number of nitrogens with zero attached hydrogens (tertiary/aromatic N) is 4. The SMILES string of the molecule is Cc1cc(S(=O)(=O)N2CC[C@H](COCCOCCNC(=O)NCCCCNC(=O)NCCOCCOC[C@H]3CCN(S(=O)(=O)c4ccc(O[C@H]5c6cc(Cl)cc(Cl)c6C[C@@H]5N(C)C)c(C)c4)C3)C2)ccc1O[C@H]1c2cc(Cl)cc(Cl)c2C[C@@H]1N(C)C. The Hall–Kier alpha value is -4.24. The van der Waals surface area contributed by atoms with E-state index < -0.39 is 20.0 Å². The molecule has 0 radical (unpaired) electrons. The van der Waals surface area contributed by atoms with Gasteiger partial charge in [-0.2, -0.15) is 8.61 Å². The molecule has 4 N–H and O–H groups in total. The summed E-state index contributed by atoms with van der Waals surface area (Å²) in [6.45, 7) is 9.46. The number of ether oxygens (including phenoxy) is 6. The molecule has 0 spiro atoms. The predicted molar refractivity (Wildman–Crippen MR) is 333 cm³/mol. The first-order valence-corrected chi connectivity index (χ1v) is 33.7. The number of sulfonamides is 2. The van der Waals surface area contributed by atoms with Crippen LogP contribution in [-0.4, -0.2) is 193 Å². The molecule has 2 aliphatic carbocycles. The zero-order valence-electron chi connectivity index (χ0n) is 49.8. The quantitative estimate of drug-likeness (QED) is 0.0349. The van der Waals surface area contributed by atoms with Gasteiger partial charge < -0.3 is 59.5 Å². The molecule has 0 saturated carbocycles. The van der Waals surface area contributed by atoms with Crippen LogP contribution in [0.3, 0.4) is 0 Å². The van der Waals surface area contributed by atoms with Crippen LogP contribution in [0.2, 0.25) is 20.1 Å². The van der Waals surface area contributed by atoms with Crippen molar-refractivity contribution in [3.05, 3.63) is 114 Å². The highest BCUT2D eigenvalue weighted by Crippen LogP contribution is 2.45. The number of hydrogen-bond donors (Lipinski definition) is 4. The molecule has 26 heteroatoms. The zero-order chi connectivity index (χ0) is 61.7. The molecular formula is C60H82Cl4N8O12S2. The van der Waals surface area contributed by atoms with Gasteiger partial charge in [0.05, 0.1) is 74.7 Å². The third-order valence-corrected chi connectivity index (χ3v) is 21.0. The Balaban J connectivity index is 0.593. The monoisotopic (exact) mass is 1310 g/mol. The van der Waals surface area contributed by atoms with Crippen molar-refractivity contribution in [1.82, 2.24) is 39.7 Å². The number of likely N-dealkylation sites (N-methyl/N-ethyl adjacent to an activating group) is 2. The molecule has 20 nitrogen and oxygen atoms in total. The molecule has 6 atom stereocenters. The number of carbonyl (C=O) groups excluding carboxylic acids is 2. The van der Waals surface area contributed by atoms with Gasteiger partial charge in [-0.25, -0.2) is 26.4 Å². The molecular weight excluding hydrogens is 1230 g/mol. The fourth-order valence-corrected chi connectivity index (χ4v) is 15.7. The lowest BCUT2D eigenvalue weighted by molar-refractivity contribution is 0.0366. The van der Waals surface area contributed by atoms with Gasteiger partial charge in [-0.3, -0.25) is 0 Å². The van der Waals surface area contributed by atoms with Crippen molar-refractivity contribution < 1.29 is 54.8 Å². The lowest BCUT2D eigenvalue weighted by Crippen LogP contribution is -2.39. The van der Waals surface area contributed by atoms with E-state index in [0.29, 0.717) is 186 Å². The summed E-state index contributed by atoms with van der Waals surface area (Å²) in [4.78, 5) is 29.1. The number of rotatable bonds is 31. The van der Waals surface area contributed by atoms with E-state index in [1.54, 1.807) is 48.5 Å². The minimum atomic E-state index is -3.73. The van der Waals surface area contributed by atoms with Crippen molar-refractivity contribution in [2.75, 3.05) is 133 Å². The first kappa shape index (κ1) is 67.7. The van der Waals surface area contributed by atoms with E-state index >= 15 is 0 Å². The highest BCUT2D eigenvalue weighted by Gasteiger charge is 2.40. The van der Waals surface area contributed by atoms with E-state index in [2.05, 4.69) is 31.1 Å². The number of amides is 4. The number of carbonyl (C=O) groups is 2. The smallest absolute Gasteiger partial charge is 0.314 e. The van der Waals surface area contributed by atoms with Gasteiger partial charge in [0.25, 0.3) is 0 Å². The summed E-state index contributed by atoms with van der Waals surface area (Å²) in [6, 6.07) is 16.7. The number of urea groups is 2. The molecule has 474 valence electrons. The summed E-state index contributed by atoms with van der Waals surface area (Å²) in [5.41, 5.74) is 5.31. The largest absolute Gasteiger partial charge is 0.484 e. The summed E-state index contributed by atoms with van der Waals surface area (Å²) in [7, 11) is 0.511. The Morgan fingerprint density at radius 2 is 0.919 bits per heavy atom. The van der Waals surface area contributed by atoms with E-state index in [1.807, 2.05) is 54.2 Å². The lowest BCUT2D eigenvalue weighted by atomic mass is 10.1. The van der Waals surface area contributed by atoms with Crippen LogP contribution in [0.1, 0.15) is 71.3 Å². The van der Waals surface area contributed by atoms with Crippen molar-refractivity contribution in [1.29, 1.82) is 0 Å². The van der Waals surface area contributed by atoms with Gasteiger partial charge in [-0.05, 0) is 175 Å². The highest BCUT2D eigenvalue weighted by atomic mass is 35.5. The molecule has 0 unspecified atom stereocenters. The Bertz CT molecular complexity index is 2990. The van der Waals surface area contributed by atoms with E-state index in [9.17, 15) is 26.4 Å². The van der Waals surface area contributed by atoms with Gasteiger partial charge in [-0.15, -0.1) is 0 Å². The Kier molecular flexibility index (Phi) is 24.8. The van der Waals surface area contributed by atoms with Crippen LogP contribution >= 0.6 is 46.4 Å². The molecule has 2 aliphatic heterocycles. The molecule has 0 bridgehead atoms. The summed E-state index contributed by atoms with van der Waals surface area (Å²) >= 11 is 25.9. The molecule has 4 aromatic rings. The Morgan fingerprint density at radius 1 is 0.535 bits per heavy atom. The lowest BCUT2D eigenvalue weighted by Gasteiger charge is -2.28. The summed E-state index contributed by atoms with van der Waals surface area (Å²) in [5, 5.41) is 13.4. The second-order valence-corrected chi connectivity index (χ2v) is 28.4. The van der Waals surface area contributed by atoms with Crippen molar-refractivity contribution in [2.45, 2.75) is 86.5 Å². The average Bonchev–Trinajstić information content (AvgIpc) is 2.02. The summed E-state index contributed by atoms with van der Waals surface area (Å²) in [6.07, 6.45) is 3.47. The Morgan fingerprint density at radius 3 is 1.30 bits per heavy atom. The first-order chi connectivity index (χ1) is 41.1. The zero-order valence-corrected chi connectivity index (χ0v) is 54.5. The van der Waals surface area contributed by atoms with Crippen molar-refractivity contribution >= 4 is 78.5 Å². The topological polar surface area (TPSA) is 219 Å². The third-order valence-electron chi connectivity index (χ3n) is 16.1. The summed E-state index contributed by atoms with van der Waals surface area (Å²) < 4.78 is 93.9. The van der Waals surface area contributed by atoms with Crippen LogP contribution in [-0.2, 0) is 51.8 Å². The van der Waals surface area contributed by atoms with Gasteiger partial charge in [0.15, 0.2) is 0 Å². The van der Waals surface area contributed by atoms with Gasteiger partial charge in [0, 0.05) is 83.6 Å². The number of aryl methyl sites for hydroxylation is 2. The van der Waals surface area contributed by atoms with Crippen LogP contribution in [0.4, 0.5) is 9.59 Å². The number of nitrogens with one attached hydrogen (secondary N) is 4. The standard InChI is InChI=1S/C60H82Cl4N8O12S2/c1-39-27-45(9-11-55(39)83-57-49-29-43(61)31-51(63)47(49)33-53(57)69(3)4)85(75,76)71-19-13-41(35-71)37-81-25-23-79-21-17-67-59(73)65-15-7-8-16-66-60(74)68-18-22-80-24-26-82-38-42-14-20-72(36-42)86(77,78)46-10-12-56(40(2)28-46)84-58-50-30-44(62)32-52(64)48(50)34-54(58)70(5)6/h9-12,27-32,41-42,53-54,57-58H,7-8,13-26,33-38H2,1-6H3,(H2,65,67,73)(H2,66,68,74)/t41-,42-,53-,54-,57-,58-/m0/s1. The maximum absolute atomic E-state index is 13.7. The minimum absolute atomic E-state index is 0.0247. The second kappa shape index (κ2) is 31.5.